The van der Waals surface area contributed by atoms with Crippen molar-refractivity contribution in [2.75, 3.05) is 32.5 Å². The molecule has 1 N–H and O–H groups in total. The summed E-state index contributed by atoms with van der Waals surface area (Å²) in [6.45, 7) is 3.96. The van der Waals surface area contributed by atoms with Crippen LogP contribution in [-0.4, -0.2) is 47.3 Å². The number of hydrogen-bond donors (Lipinski definition) is 1. The molecular formula is C12H23NOS. The van der Waals surface area contributed by atoms with Gasteiger partial charge in [-0.3, -0.25) is 0 Å². The van der Waals surface area contributed by atoms with E-state index in [2.05, 4.69) is 22.9 Å². The van der Waals surface area contributed by atoms with Crippen LogP contribution in [0.2, 0.25) is 0 Å². The second-order valence-corrected chi connectivity index (χ2v) is 6.44. The highest BCUT2D eigenvalue weighted by Gasteiger charge is 2.36. The summed E-state index contributed by atoms with van der Waals surface area (Å²) in [7, 11) is 0. The Morgan fingerprint density at radius 3 is 2.67 bits per heavy atom. The molecule has 0 radical (unpaired) electrons. The number of rotatable bonds is 4. The Bertz CT molecular complexity index is 204. The molecule has 0 aromatic rings. The summed E-state index contributed by atoms with van der Waals surface area (Å²) in [5, 5.41) is 9.13. The van der Waals surface area contributed by atoms with E-state index in [-0.39, 0.29) is 0 Å². The van der Waals surface area contributed by atoms with Crippen LogP contribution in [0.5, 0.6) is 0 Å². The largest absolute Gasteiger partial charge is 0.396 e. The molecule has 1 unspecified atom stereocenters. The smallest absolute Gasteiger partial charge is 0.0471 e. The number of thioether (sulfide) groups is 1. The van der Waals surface area contributed by atoms with Gasteiger partial charge in [-0.25, -0.2) is 0 Å². The van der Waals surface area contributed by atoms with Crippen molar-refractivity contribution in [3.8, 4) is 0 Å². The predicted octanol–water partition coefficient (Wildman–Crippen LogP) is 1.98. The molecule has 2 rings (SSSR count). The standard InChI is InChI=1S/C12H23NOS/c1-15-12(5-2-3-6-12)10-13-7-4-11(8-13)9-14/h11,14H,2-10H2,1H3. The van der Waals surface area contributed by atoms with Gasteiger partial charge in [0.1, 0.15) is 0 Å². The first-order valence-corrected chi connectivity index (χ1v) is 7.39. The van der Waals surface area contributed by atoms with Gasteiger partial charge in [-0.1, -0.05) is 12.8 Å². The fraction of sp³-hybridized carbons (Fsp3) is 1.00. The minimum atomic E-state index is 0.378. The fourth-order valence-corrected chi connectivity index (χ4v) is 4.07. The van der Waals surface area contributed by atoms with Crippen molar-refractivity contribution < 1.29 is 5.11 Å². The minimum Gasteiger partial charge on any atom is -0.396 e. The van der Waals surface area contributed by atoms with Crippen molar-refractivity contribution in [3.63, 3.8) is 0 Å². The first-order chi connectivity index (χ1) is 7.28. The third kappa shape index (κ3) is 2.69. The maximum Gasteiger partial charge on any atom is 0.0471 e. The van der Waals surface area contributed by atoms with E-state index in [1.54, 1.807) is 0 Å². The summed E-state index contributed by atoms with van der Waals surface area (Å²) in [6.07, 6.45) is 9.09. The highest BCUT2D eigenvalue weighted by molar-refractivity contribution is 8.00. The van der Waals surface area contributed by atoms with Crippen LogP contribution in [0.3, 0.4) is 0 Å². The van der Waals surface area contributed by atoms with Crippen molar-refractivity contribution in [3.05, 3.63) is 0 Å². The predicted molar refractivity (Wildman–Crippen MR) is 66.3 cm³/mol. The molecule has 1 atom stereocenters. The molecule has 2 aliphatic rings. The maximum absolute atomic E-state index is 9.13. The van der Waals surface area contributed by atoms with Crippen molar-refractivity contribution in [2.45, 2.75) is 36.9 Å². The Balaban J connectivity index is 1.85. The summed E-state index contributed by atoms with van der Waals surface area (Å²) in [5.74, 6) is 0.547. The summed E-state index contributed by atoms with van der Waals surface area (Å²) in [5.41, 5.74) is 0. The first-order valence-electron chi connectivity index (χ1n) is 6.16. The molecule has 2 nitrogen and oxygen atoms in total. The zero-order chi connectivity index (χ0) is 10.7. The van der Waals surface area contributed by atoms with Gasteiger partial charge < -0.3 is 10.0 Å². The van der Waals surface area contributed by atoms with Gasteiger partial charge in [0.05, 0.1) is 0 Å². The Hall–Kier alpha value is 0.270. The second kappa shape index (κ2) is 5.07. The Morgan fingerprint density at radius 2 is 2.13 bits per heavy atom. The van der Waals surface area contributed by atoms with Gasteiger partial charge in [-0.15, -0.1) is 0 Å². The second-order valence-electron chi connectivity index (χ2n) is 5.17. The van der Waals surface area contributed by atoms with Crippen LogP contribution in [0.4, 0.5) is 0 Å². The number of hydrogen-bond acceptors (Lipinski definition) is 3. The number of nitrogens with zero attached hydrogens (tertiary/aromatic N) is 1. The summed E-state index contributed by atoms with van der Waals surface area (Å²) < 4.78 is 0.546. The fourth-order valence-electron chi connectivity index (χ4n) is 3.06. The van der Waals surface area contributed by atoms with Crippen LogP contribution < -0.4 is 0 Å². The van der Waals surface area contributed by atoms with Gasteiger partial charge in [-0.2, -0.15) is 11.8 Å². The molecule has 0 aromatic carbocycles. The highest BCUT2D eigenvalue weighted by atomic mass is 32.2. The molecule has 0 aromatic heterocycles. The first kappa shape index (κ1) is 11.7. The van der Waals surface area contributed by atoms with Crippen LogP contribution in [0, 0.1) is 5.92 Å². The molecule has 0 bridgehead atoms. The lowest BCUT2D eigenvalue weighted by atomic mass is 10.1. The number of likely N-dealkylation sites (tertiary alicyclic amines) is 1. The van der Waals surface area contributed by atoms with Gasteiger partial charge in [0, 0.05) is 24.4 Å². The van der Waals surface area contributed by atoms with Gasteiger partial charge in [-0.05, 0) is 38.0 Å². The molecule has 1 aliphatic heterocycles. The van der Waals surface area contributed by atoms with E-state index in [9.17, 15) is 0 Å². The van der Waals surface area contributed by atoms with E-state index >= 15 is 0 Å². The van der Waals surface area contributed by atoms with Crippen molar-refractivity contribution >= 4 is 11.8 Å². The van der Waals surface area contributed by atoms with Gasteiger partial charge in [0.25, 0.3) is 0 Å². The van der Waals surface area contributed by atoms with Crippen molar-refractivity contribution in [1.29, 1.82) is 0 Å². The zero-order valence-electron chi connectivity index (χ0n) is 9.74. The monoisotopic (exact) mass is 229 g/mol. The number of aliphatic hydroxyl groups is 1. The number of aliphatic hydroxyl groups excluding tert-OH is 1. The van der Waals surface area contributed by atoms with Gasteiger partial charge in [0.15, 0.2) is 0 Å². The summed E-state index contributed by atoms with van der Waals surface area (Å²) in [4.78, 5) is 2.57. The molecule has 0 spiro atoms. The molecule has 88 valence electrons. The van der Waals surface area contributed by atoms with Crippen LogP contribution in [0.25, 0.3) is 0 Å². The molecule has 3 heteroatoms. The van der Waals surface area contributed by atoms with E-state index < -0.39 is 0 Å². The quantitative estimate of drug-likeness (QED) is 0.797. The zero-order valence-corrected chi connectivity index (χ0v) is 10.6. The molecule has 0 amide bonds. The van der Waals surface area contributed by atoms with Crippen LogP contribution in [0.15, 0.2) is 0 Å². The average molecular weight is 229 g/mol. The molecular weight excluding hydrogens is 206 g/mol. The third-order valence-corrected chi connectivity index (χ3v) is 5.49. The topological polar surface area (TPSA) is 23.5 Å². The van der Waals surface area contributed by atoms with Crippen LogP contribution >= 0.6 is 11.8 Å². The Kier molecular flexibility index (Phi) is 3.97. The van der Waals surface area contributed by atoms with Gasteiger partial charge >= 0.3 is 0 Å². The van der Waals surface area contributed by atoms with Crippen LogP contribution in [0.1, 0.15) is 32.1 Å². The lowest BCUT2D eigenvalue weighted by Crippen LogP contribution is -2.37. The lowest BCUT2D eigenvalue weighted by molar-refractivity contribution is 0.216. The van der Waals surface area contributed by atoms with E-state index in [4.69, 9.17) is 5.11 Å². The molecule has 1 heterocycles. The summed E-state index contributed by atoms with van der Waals surface area (Å²) >= 11 is 2.07. The molecule has 1 saturated heterocycles. The summed E-state index contributed by atoms with van der Waals surface area (Å²) in [6, 6.07) is 0. The maximum atomic E-state index is 9.13. The normalized spacial score (nSPS) is 31.2. The van der Waals surface area contributed by atoms with E-state index in [0.29, 0.717) is 17.3 Å². The molecule has 15 heavy (non-hydrogen) atoms. The highest BCUT2D eigenvalue weighted by Crippen LogP contribution is 2.41. The lowest BCUT2D eigenvalue weighted by Gasteiger charge is -2.32. The van der Waals surface area contributed by atoms with E-state index in [0.717, 1.165) is 6.54 Å². The Labute approximate surface area is 97.4 Å². The minimum absolute atomic E-state index is 0.378. The van der Waals surface area contributed by atoms with E-state index in [1.165, 1.54) is 45.2 Å². The SMILES string of the molecule is CSC1(CN2CCC(CO)C2)CCCC1. The van der Waals surface area contributed by atoms with Crippen LogP contribution in [-0.2, 0) is 0 Å². The molecule has 1 aliphatic carbocycles. The third-order valence-electron chi connectivity index (χ3n) is 4.09. The Morgan fingerprint density at radius 1 is 1.40 bits per heavy atom. The van der Waals surface area contributed by atoms with Gasteiger partial charge in [0.2, 0.25) is 0 Å². The van der Waals surface area contributed by atoms with E-state index in [1.807, 2.05) is 0 Å². The molecule has 1 saturated carbocycles. The average Bonchev–Trinajstić information content (AvgIpc) is 2.88. The molecule has 2 fully saturated rings. The van der Waals surface area contributed by atoms with Crippen molar-refractivity contribution in [2.24, 2.45) is 5.92 Å². The van der Waals surface area contributed by atoms with Crippen molar-refractivity contribution in [1.82, 2.24) is 4.90 Å².